The van der Waals surface area contributed by atoms with Crippen molar-refractivity contribution in [3.05, 3.63) is 179 Å². The number of benzene rings is 4. The highest BCUT2D eigenvalue weighted by Crippen LogP contribution is 2.34. The van der Waals surface area contributed by atoms with Gasteiger partial charge in [-0.3, -0.25) is 24.3 Å². The minimum absolute atomic E-state index is 0.0502. The third kappa shape index (κ3) is 25.9. The standard InChI is InChI=1S/C26H36N4O2.C25H36N6O.C25H35N5OS.C24H32N4O2/c1-4-29-11-13-30(14-12-29)26-28-18-25(32-26)24(31)16-20(10-9-19(2)3)15-21-17-27-23-8-6-5-7-22(21)23;1-4-30-11-13-31(14-12-30)25-27-24(28-29-25)23(32)16-19(10-9-18(2)3)15-20-17-26-22-8-6-5-7-21(20)22;1-4-29-11-13-30(14-12-29)25-28-27-24(32-25)23(31)16-19(10-9-18(2)3)15-20-17-26-22-8-6-5-7-21(20)22;1-4-7-18(12-19-14-25-21-9-6-5-8-20(19)21)13-22(29)23-15-26-24(30-23)28-11-10-27(3)17(2)16-28/h5-8,17-20,27H,4,9-16H2,1-3H3;5-8,17-19,26H,4,9-16H2,1-3H3,(H,27,28,29);5-8,17-19,26H,4,9-16H2,1-3H3;5-6,8-9,14-15,17-18,25H,4,7,10-13,16H2,1-3H3. The van der Waals surface area contributed by atoms with Crippen LogP contribution in [0.1, 0.15) is 217 Å². The number of hydrogen-bond donors (Lipinski definition) is 5. The van der Waals surface area contributed by atoms with Gasteiger partial charge in [-0.1, -0.05) is 179 Å². The Hall–Kier alpha value is -10.1. The topological polar surface area (TPSA) is 277 Å². The van der Waals surface area contributed by atoms with E-state index in [4.69, 9.17) is 8.83 Å². The lowest BCUT2D eigenvalue weighted by molar-refractivity contribution is 0.0923. The van der Waals surface area contributed by atoms with Crippen LogP contribution in [0.2, 0.25) is 0 Å². The fourth-order valence-electron chi connectivity index (χ4n) is 18.2. The van der Waals surface area contributed by atoms with Gasteiger partial charge in [0.2, 0.25) is 11.1 Å². The van der Waals surface area contributed by atoms with Crippen molar-refractivity contribution < 1.29 is 28.0 Å². The van der Waals surface area contributed by atoms with Gasteiger partial charge in [0.1, 0.15) is 0 Å². The van der Waals surface area contributed by atoms with Crippen LogP contribution in [-0.4, -0.2) is 229 Å². The van der Waals surface area contributed by atoms with E-state index >= 15 is 0 Å². The highest BCUT2D eigenvalue weighted by Gasteiger charge is 2.31. The number of anilines is 4. The lowest BCUT2D eigenvalue weighted by Gasteiger charge is -2.36. The number of aromatic amines is 5. The smallest absolute Gasteiger partial charge is 0.297 e. The van der Waals surface area contributed by atoms with Gasteiger partial charge in [0, 0.05) is 198 Å². The molecule has 25 nitrogen and oxygen atoms in total. The number of aromatic nitrogens is 11. The zero-order valence-corrected chi connectivity index (χ0v) is 77.8. The molecule has 0 saturated carbocycles. The lowest BCUT2D eigenvalue weighted by Crippen LogP contribution is -2.50. The maximum absolute atomic E-state index is 13.2. The van der Waals surface area contributed by atoms with Crippen LogP contribution in [0.15, 0.2) is 143 Å². The molecule has 12 heterocycles. The van der Waals surface area contributed by atoms with Gasteiger partial charge < -0.3 is 68.0 Å². The number of hydrogen-bond acceptors (Lipinski definition) is 21. The molecule has 4 aromatic carbocycles. The number of oxazole rings is 2. The molecule has 0 spiro atoms. The molecule has 4 aliphatic rings. The largest absolute Gasteiger partial charge is 0.420 e. The molecule has 0 radical (unpaired) electrons. The van der Waals surface area contributed by atoms with Crippen molar-refractivity contribution in [2.24, 2.45) is 41.4 Å². The van der Waals surface area contributed by atoms with E-state index in [2.05, 4.69) is 281 Å². The first-order chi connectivity index (χ1) is 61.1. The number of likely N-dealkylation sites (N-methyl/N-ethyl adjacent to an activating group) is 4. The SMILES string of the molecule is CCCC(CC(=O)c1cnc(N2CCN(C)C(C)C2)o1)Cc1c[nH]c2ccccc12.CCN1CCN(c2n[nH]c(C(=O)CC(CCC(C)C)Cc3c[nH]c4ccccc34)n2)CC1.CCN1CCN(c2ncc(C(=O)CC(CCC(C)C)Cc3c[nH]c4ccccc34)o2)CC1.CCN1CCN(c2nnc(C(=O)CC(CCC(C)C)Cc3c[nH]c4ccccc34)s2)CC1. The first kappa shape index (κ1) is 93.5. The summed E-state index contributed by atoms with van der Waals surface area (Å²) in [5.74, 6) is 5.17. The maximum atomic E-state index is 13.2. The van der Waals surface area contributed by atoms with Gasteiger partial charge in [-0.15, -0.1) is 15.3 Å². The van der Waals surface area contributed by atoms with Crippen molar-refractivity contribution >= 4 is 101 Å². The van der Waals surface area contributed by atoms with Crippen molar-refractivity contribution in [1.82, 2.24) is 74.9 Å². The second-order valence-electron chi connectivity index (χ2n) is 36.9. The van der Waals surface area contributed by atoms with Crippen LogP contribution in [0.3, 0.4) is 0 Å². The number of fused-ring (bicyclic) bond motifs is 4. The fraction of sp³-hybridized carbons (Fsp3) is 0.540. The molecular weight excluding hydrogens is 1600 g/mol. The summed E-state index contributed by atoms with van der Waals surface area (Å²) in [5.41, 5.74) is 9.77. The Kier molecular flexibility index (Phi) is 34.2. The molecule has 0 bridgehead atoms. The van der Waals surface area contributed by atoms with E-state index in [1.807, 2.05) is 18.2 Å². The summed E-state index contributed by atoms with van der Waals surface area (Å²) in [6, 6.07) is 35.1. The molecular formula is C100H139N19O6S. The third-order valence-electron chi connectivity index (χ3n) is 26.2. The van der Waals surface area contributed by atoms with Crippen LogP contribution in [0.4, 0.5) is 23.1 Å². The average Bonchev–Trinajstić information content (AvgIpc) is 1.72. The first-order valence-corrected chi connectivity index (χ1v) is 47.8. The second-order valence-corrected chi connectivity index (χ2v) is 37.8. The predicted octanol–water partition coefficient (Wildman–Crippen LogP) is 19.0. The Morgan fingerprint density at radius 3 is 1.19 bits per heavy atom. The summed E-state index contributed by atoms with van der Waals surface area (Å²) in [6.45, 7) is 41.9. The Bertz CT molecular complexity index is 4960. The average molecular weight is 1740 g/mol. The van der Waals surface area contributed by atoms with E-state index in [1.54, 1.807) is 12.4 Å². The van der Waals surface area contributed by atoms with E-state index in [0.717, 1.165) is 222 Å². The number of nitrogens with zero attached hydrogens (tertiary/aromatic N) is 14. The van der Waals surface area contributed by atoms with Gasteiger partial charge in [0.15, 0.2) is 45.5 Å². The molecule has 126 heavy (non-hydrogen) atoms. The summed E-state index contributed by atoms with van der Waals surface area (Å²) in [5, 5.41) is 22.4. The highest BCUT2D eigenvalue weighted by molar-refractivity contribution is 7.17. The van der Waals surface area contributed by atoms with E-state index in [1.165, 1.54) is 55.1 Å². The van der Waals surface area contributed by atoms with E-state index in [0.29, 0.717) is 102 Å². The Balaban J connectivity index is 0.000000144. The number of ketones is 4. The fourth-order valence-corrected chi connectivity index (χ4v) is 19.0. The molecule has 5 N–H and O–H groups in total. The molecule has 4 saturated heterocycles. The molecule has 0 amide bonds. The minimum Gasteiger partial charge on any atom is -0.420 e. The number of piperazine rings is 4. The molecule has 4 fully saturated rings. The molecule has 12 aromatic rings. The van der Waals surface area contributed by atoms with E-state index < -0.39 is 0 Å². The predicted molar refractivity (Wildman–Crippen MR) is 511 cm³/mol. The summed E-state index contributed by atoms with van der Waals surface area (Å²) in [7, 11) is 2.13. The number of carbonyl (C=O) groups excluding carboxylic acids is 4. The summed E-state index contributed by atoms with van der Waals surface area (Å²) in [4.78, 5) is 97.5. The first-order valence-electron chi connectivity index (χ1n) is 47.0. The summed E-state index contributed by atoms with van der Waals surface area (Å²) >= 11 is 1.46. The molecule has 8 aromatic heterocycles. The number of rotatable bonds is 38. The molecule has 676 valence electrons. The van der Waals surface area contributed by atoms with Gasteiger partial charge in [0.05, 0.1) is 12.4 Å². The van der Waals surface area contributed by atoms with Crippen molar-refractivity contribution in [3.8, 4) is 0 Å². The van der Waals surface area contributed by atoms with Crippen LogP contribution in [0.5, 0.6) is 0 Å². The van der Waals surface area contributed by atoms with Crippen LogP contribution < -0.4 is 19.6 Å². The lowest BCUT2D eigenvalue weighted by atomic mass is 9.87. The van der Waals surface area contributed by atoms with Crippen molar-refractivity contribution in [2.75, 3.05) is 144 Å². The van der Waals surface area contributed by atoms with Crippen molar-refractivity contribution in [3.63, 3.8) is 0 Å². The molecule has 4 aliphatic heterocycles. The van der Waals surface area contributed by atoms with Gasteiger partial charge in [-0.2, -0.15) is 4.98 Å². The monoisotopic (exact) mass is 1730 g/mol. The van der Waals surface area contributed by atoms with E-state index in [9.17, 15) is 19.2 Å². The van der Waals surface area contributed by atoms with E-state index in [-0.39, 0.29) is 35.0 Å². The Morgan fingerprint density at radius 2 is 0.794 bits per heavy atom. The molecule has 5 unspecified atom stereocenters. The summed E-state index contributed by atoms with van der Waals surface area (Å²) < 4.78 is 11.8. The van der Waals surface area contributed by atoms with Gasteiger partial charge in [-0.05, 0) is 173 Å². The number of para-hydroxylation sites is 4. The van der Waals surface area contributed by atoms with Crippen LogP contribution >= 0.6 is 11.3 Å². The van der Waals surface area contributed by atoms with Crippen LogP contribution in [0.25, 0.3) is 43.6 Å². The van der Waals surface area contributed by atoms with Gasteiger partial charge >= 0.3 is 0 Å². The van der Waals surface area contributed by atoms with Crippen LogP contribution in [-0.2, 0) is 25.7 Å². The Labute approximate surface area is 749 Å². The van der Waals surface area contributed by atoms with Gasteiger partial charge in [-0.25, -0.2) is 9.97 Å². The number of Topliss-reactive ketones (excluding diaryl/α,β-unsaturated/α-hetero) is 4. The number of nitrogens with one attached hydrogen (secondary N) is 5. The zero-order valence-electron chi connectivity index (χ0n) is 77.0. The molecule has 26 heteroatoms. The quantitative estimate of drug-likeness (QED) is 0.0225. The number of H-pyrrole nitrogens is 5. The Morgan fingerprint density at radius 1 is 0.429 bits per heavy atom. The normalized spacial score (nSPS) is 16.8. The third-order valence-corrected chi connectivity index (χ3v) is 27.2. The minimum atomic E-state index is 0.0502. The van der Waals surface area contributed by atoms with Crippen molar-refractivity contribution in [2.45, 2.75) is 185 Å². The molecule has 5 atom stereocenters. The summed E-state index contributed by atoms with van der Waals surface area (Å²) in [6.07, 6.45) is 25.7. The molecule has 16 rings (SSSR count). The second kappa shape index (κ2) is 46.0. The highest BCUT2D eigenvalue weighted by atomic mass is 32.1. The van der Waals surface area contributed by atoms with Crippen LogP contribution in [0, 0.1) is 41.4 Å². The number of carbonyl (C=O) groups is 4. The van der Waals surface area contributed by atoms with Crippen molar-refractivity contribution in [1.29, 1.82) is 0 Å². The zero-order chi connectivity index (χ0) is 88.6. The van der Waals surface area contributed by atoms with Gasteiger partial charge in [0.25, 0.3) is 12.0 Å². The molecule has 0 aliphatic carbocycles. The maximum Gasteiger partial charge on any atom is 0.297 e.